The second kappa shape index (κ2) is 87.5. The molecule has 3 aliphatic heterocycles. The quantitative estimate of drug-likeness (QED) is 0.0144. The van der Waals surface area contributed by atoms with Crippen molar-refractivity contribution < 1.29 is 148 Å². The van der Waals surface area contributed by atoms with Gasteiger partial charge < -0.3 is 143 Å². The molecule has 4 aromatic heterocycles. The molecule has 0 aromatic carbocycles. The first-order valence-corrected chi connectivity index (χ1v) is 38.0. The minimum absolute atomic E-state index is 0.00694. The molecule has 4 aromatic rings. The Balaban J connectivity index is 0.00000121. The van der Waals surface area contributed by atoms with Crippen LogP contribution in [0.15, 0.2) is 97.3 Å². The maximum Gasteiger partial charge on any atom is 0.185 e. The first-order valence-electron chi connectivity index (χ1n) is 35.7. The van der Waals surface area contributed by atoms with Crippen LogP contribution in [0, 0.1) is 0 Å². The molecule has 0 spiro atoms. The van der Waals surface area contributed by atoms with Gasteiger partial charge in [0.2, 0.25) is 0 Å². The third kappa shape index (κ3) is 76.8. The summed E-state index contributed by atoms with van der Waals surface area (Å²) in [6.45, 7) is 19.1. The van der Waals surface area contributed by atoms with Crippen molar-refractivity contribution in [3.05, 3.63) is 108 Å². The minimum atomic E-state index is -0.0417. The predicted molar refractivity (Wildman–Crippen MR) is 391 cm³/mol. The third-order valence-electron chi connectivity index (χ3n) is 12.6. The van der Waals surface area contributed by atoms with Crippen molar-refractivity contribution in [3.63, 3.8) is 0 Å². The number of rotatable bonds is 57. The van der Waals surface area contributed by atoms with Crippen LogP contribution in [0.5, 0.6) is 0 Å². The average molecular weight is 1650 g/mol. The molecule has 0 radical (unpaired) electrons. The van der Waals surface area contributed by atoms with Crippen molar-refractivity contribution >= 4 is 38.1 Å². The molecule has 7 rings (SSSR count). The van der Waals surface area contributed by atoms with Gasteiger partial charge in [-0.25, -0.2) is 0 Å². The van der Waals surface area contributed by atoms with Crippen molar-refractivity contribution in [1.29, 1.82) is 0 Å². The topological polar surface area (TPSA) is 376 Å². The maximum atomic E-state index is 10.4. The Labute approximate surface area is 636 Å². The number of ether oxygens (including phenoxy) is 20. The summed E-state index contributed by atoms with van der Waals surface area (Å²) in [4.78, 5) is 10.4. The molecule has 0 amide bonds. The molecule has 0 bridgehead atoms. The first-order chi connectivity index (χ1) is 51.9. The number of aldehydes is 1. The average Bonchev–Trinajstić information content (AvgIpc) is 1.81. The molecule has 0 saturated carbocycles. The van der Waals surface area contributed by atoms with Gasteiger partial charge in [-0.3, -0.25) is 4.79 Å². The maximum absolute atomic E-state index is 10.4. The van der Waals surface area contributed by atoms with Gasteiger partial charge in [0, 0.05) is 23.9 Å². The summed E-state index contributed by atoms with van der Waals surface area (Å²) in [6, 6.07) is 14.2. The molecule has 2 saturated heterocycles. The molecular formula is C72H124Br2O31. The van der Waals surface area contributed by atoms with Crippen molar-refractivity contribution in [2.75, 3.05) is 255 Å². The second-order valence-electron chi connectivity index (χ2n) is 21.0. The summed E-state index contributed by atoms with van der Waals surface area (Å²) in [5.74, 6) is 3.16. The van der Waals surface area contributed by atoms with E-state index >= 15 is 0 Å². The van der Waals surface area contributed by atoms with Crippen LogP contribution in [0.25, 0.3) is 0 Å². The van der Waals surface area contributed by atoms with E-state index in [2.05, 4.69) is 31.9 Å². The summed E-state index contributed by atoms with van der Waals surface area (Å²) < 4.78 is 125. The largest absolute Gasteiger partial charge is 0.502 e. The molecule has 33 heteroatoms. The van der Waals surface area contributed by atoms with Gasteiger partial charge in [0.1, 0.15) is 49.5 Å². The van der Waals surface area contributed by atoms with E-state index in [9.17, 15) is 4.79 Å². The van der Waals surface area contributed by atoms with Crippen molar-refractivity contribution in [2.45, 2.75) is 90.4 Å². The lowest BCUT2D eigenvalue weighted by molar-refractivity contribution is -0.169. The summed E-state index contributed by atoms with van der Waals surface area (Å²) in [7, 11) is 0. The van der Waals surface area contributed by atoms with Gasteiger partial charge in [0.15, 0.2) is 24.6 Å². The van der Waals surface area contributed by atoms with Crippen LogP contribution in [0.4, 0.5) is 0 Å². The van der Waals surface area contributed by atoms with E-state index in [1.807, 2.05) is 30.3 Å². The molecule has 2 atom stereocenters. The van der Waals surface area contributed by atoms with Crippen LogP contribution in [0.1, 0.15) is 85.0 Å². The lowest BCUT2D eigenvalue weighted by atomic mass is 10.2. The first kappa shape index (κ1) is 101. The highest BCUT2D eigenvalue weighted by Gasteiger charge is 2.15. The van der Waals surface area contributed by atoms with Crippen molar-refractivity contribution in [2.24, 2.45) is 0 Å². The van der Waals surface area contributed by atoms with E-state index in [1.54, 1.807) is 43.1 Å². The van der Waals surface area contributed by atoms with Crippen LogP contribution in [0.3, 0.4) is 0 Å². The fraction of sp³-hybridized carbons (Fsp3) is 0.736. The Morgan fingerprint density at radius 2 is 0.695 bits per heavy atom. The molecule has 612 valence electrons. The number of aliphatic hydroxyl groups is 6. The van der Waals surface area contributed by atoms with Crippen molar-refractivity contribution in [1.82, 2.24) is 0 Å². The van der Waals surface area contributed by atoms with E-state index in [0.717, 1.165) is 74.3 Å². The van der Waals surface area contributed by atoms with Gasteiger partial charge in [0.25, 0.3) is 0 Å². The summed E-state index contributed by atoms with van der Waals surface area (Å²) in [5, 5.41) is 51.8. The molecule has 31 nitrogen and oxygen atoms in total. The van der Waals surface area contributed by atoms with E-state index < -0.39 is 0 Å². The zero-order valence-electron chi connectivity index (χ0n) is 61.4. The van der Waals surface area contributed by atoms with Gasteiger partial charge in [-0.2, -0.15) is 0 Å². The zero-order valence-corrected chi connectivity index (χ0v) is 64.6. The Kier molecular flexibility index (Phi) is 84.4. The second-order valence-corrected chi connectivity index (χ2v) is 22.6. The lowest BCUT2D eigenvalue weighted by Gasteiger charge is -2.22. The summed E-state index contributed by atoms with van der Waals surface area (Å²) in [5.41, 5.74) is 0. The Morgan fingerprint density at radius 1 is 0.362 bits per heavy atom. The SMILES string of the molecule is BrCCOCCOCCOC1CCCCO1.C1=COCCC1.O=Cc1ccc(COCCOCCOCCO)o1.OCCOCCOCCBr.OCCOCCOCCO.OCCOCCOCCOCc1ccco1.OCc1ccco1.c1coc(COCCOCCOCCOC2CCCCO2)c1. The van der Waals surface area contributed by atoms with Crippen LogP contribution in [-0.4, -0.2) is 305 Å². The fourth-order valence-electron chi connectivity index (χ4n) is 7.61. The number of halogens is 2. The molecule has 7 heterocycles. The Hall–Kier alpha value is -3.71. The van der Waals surface area contributed by atoms with Gasteiger partial charge in [-0.15, -0.1) is 0 Å². The van der Waals surface area contributed by atoms with Gasteiger partial charge >= 0.3 is 0 Å². The van der Waals surface area contributed by atoms with Gasteiger partial charge in [-0.05, 0) is 106 Å². The predicted octanol–water partition coefficient (Wildman–Crippen LogP) is 7.28. The minimum Gasteiger partial charge on any atom is -0.502 e. The third-order valence-corrected chi connectivity index (χ3v) is 13.2. The normalized spacial score (nSPS) is 14.3. The Morgan fingerprint density at radius 3 is 0.943 bits per heavy atom. The summed E-state index contributed by atoms with van der Waals surface area (Å²) in [6.07, 6.45) is 18.3. The highest BCUT2D eigenvalue weighted by Crippen LogP contribution is 2.15. The monoisotopic (exact) mass is 1640 g/mol. The van der Waals surface area contributed by atoms with E-state index in [1.165, 1.54) is 31.9 Å². The van der Waals surface area contributed by atoms with E-state index in [-0.39, 0.29) is 52.2 Å². The summed E-state index contributed by atoms with van der Waals surface area (Å²) >= 11 is 6.51. The van der Waals surface area contributed by atoms with Crippen LogP contribution in [-0.2, 0) is 121 Å². The molecular weight excluding hydrogens is 1520 g/mol. The highest BCUT2D eigenvalue weighted by molar-refractivity contribution is 9.09. The number of furan rings is 4. The zero-order chi connectivity index (χ0) is 76.0. The van der Waals surface area contributed by atoms with E-state index in [0.29, 0.717) is 228 Å². The number of carbonyl (C=O) groups excluding carboxylic acids is 1. The van der Waals surface area contributed by atoms with E-state index in [4.69, 9.17) is 143 Å². The number of allylic oxidation sites excluding steroid dienone is 1. The number of hydrogen-bond acceptors (Lipinski definition) is 31. The fourth-order valence-corrected chi connectivity index (χ4v) is 8.07. The number of hydrogen-bond donors (Lipinski definition) is 6. The molecule has 6 N–H and O–H groups in total. The molecule has 3 aliphatic rings. The number of alkyl halides is 2. The number of aliphatic hydroxyl groups excluding tert-OH is 6. The smallest absolute Gasteiger partial charge is 0.185 e. The van der Waals surface area contributed by atoms with Crippen LogP contribution >= 0.6 is 31.9 Å². The standard InChI is InChI=1S/C16H26O6.C12H18O6.C11H21BrO4.C11H18O5.C6H13BrO3.C6H14O4.C5H6O2.C5H8O/c1-2-6-21-16(5-1)22-13-12-18-9-8-17-10-11-19-14-15-4-3-7-20-15;13-3-4-15-5-6-16-7-8-17-10-12-2-1-11(9-14)18-12;12-4-6-13-7-8-14-9-10-16-11-3-1-2-5-15-11;12-3-5-13-6-7-14-8-9-15-10-11-2-1-4-16-11;2*7-1-3-9-5-6-10-4-2-8;6-4-5-2-1-3-7-5;1-2-4-6-5-3-1/h3-4,7,16H,1-2,5-6,8-14H2;1-2,9,13H,3-8,10H2;11H,1-10H2;1-2,4,12H,3,5-10H2;8H,1-6H2;7-8H,1-6H2;1-3,6H,4H2;2,4H,1,3,5H2. The van der Waals surface area contributed by atoms with Crippen LogP contribution < -0.4 is 0 Å². The molecule has 105 heavy (non-hydrogen) atoms. The highest BCUT2D eigenvalue weighted by atomic mass is 79.9. The van der Waals surface area contributed by atoms with Crippen molar-refractivity contribution in [3.8, 4) is 0 Å². The van der Waals surface area contributed by atoms with Gasteiger partial charge in [0.05, 0.1) is 256 Å². The van der Waals surface area contributed by atoms with Crippen LogP contribution in [0.2, 0.25) is 0 Å². The molecule has 2 fully saturated rings. The molecule has 0 aliphatic carbocycles. The number of carbonyl (C=O) groups is 1. The van der Waals surface area contributed by atoms with Gasteiger partial charge in [-0.1, -0.05) is 31.9 Å². The molecule has 2 unspecified atom stereocenters. The Bertz CT molecular complexity index is 2170. The lowest BCUT2D eigenvalue weighted by Crippen LogP contribution is -2.24.